The first kappa shape index (κ1) is 19.8. The summed E-state index contributed by atoms with van der Waals surface area (Å²) in [5.74, 6) is -0.307. The first-order chi connectivity index (χ1) is 9.74. The van der Waals surface area contributed by atoms with Gasteiger partial charge in [0.15, 0.2) is 3.83 Å². The molecule has 5 nitrogen and oxygen atoms in total. The second-order valence-electron chi connectivity index (χ2n) is 6.99. The average molecular weight is 458 g/mol. The minimum atomic E-state index is -2.85. The summed E-state index contributed by atoms with van der Waals surface area (Å²) in [6.45, 7) is 10.7. The van der Waals surface area contributed by atoms with E-state index in [-0.39, 0.29) is 16.8 Å². The van der Waals surface area contributed by atoms with Crippen LogP contribution in [0.4, 0.5) is 0 Å². The Bertz CT molecular complexity index is 679. The smallest absolute Gasteiger partial charge is 0.259 e. The van der Waals surface area contributed by atoms with Gasteiger partial charge in [0.1, 0.15) is 5.15 Å². The van der Waals surface area contributed by atoms with E-state index < -0.39 is 19.9 Å². The third-order valence-electron chi connectivity index (χ3n) is 2.89. The Morgan fingerprint density at radius 2 is 1.82 bits per heavy atom. The maximum atomic E-state index is 13.4. The fourth-order valence-electron chi connectivity index (χ4n) is 1.36. The van der Waals surface area contributed by atoms with Crippen molar-refractivity contribution in [3.63, 3.8) is 0 Å². The molecule has 0 spiro atoms. The molecule has 0 saturated heterocycles. The lowest BCUT2D eigenvalue weighted by Crippen LogP contribution is -2.32. The molecule has 0 aliphatic heterocycles. The fraction of sp³-hybridized carbons (Fsp3) is 0.643. The number of hydrogen-bond acceptors (Lipinski definition) is 4. The van der Waals surface area contributed by atoms with Gasteiger partial charge in [0.05, 0.1) is 21.2 Å². The maximum absolute atomic E-state index is 13.4. The molecular formula is C14H21ClIN3O2S. The summed E-state index contributed by atoms with van der Waals surface area (Å²) in [5, 5.41) is 0.284. The van der Waals surface area contributed by atoms with Crippen molar-refractivity contribution >= 4 is 49.8 Å². The Kier molecular flexibility index (Phi) is 6.01. The van der Waals surface area contributed by atoms with Crippen LogP contribution in [0, 0.1) is 9.25 Å². The molecule has 0 aliphatic carbocycles. The highest BCUT2D eigenvalue weighted by Crippen LogP contribution is 2.26. The van der Waals surface area contributed by atoms with Crippen LogP contribution < -0.4 is 0 Å². The van der Waals surface area contributed by atoms with Crippen LogP contribution in [-0.2, 0) is 20.3 Å². The van der Waals surface area contributed by atoms with Gasteiger partial charge in [0.25, 0.3) is 5.91 Å². The molecule has 0 radical (unpaired) electrons. The zero-order chi connectivity index (χ0) is 17.3. The molecular weight excluding hydrogens is 437 g/mol. The molecule has 8 heteroatoms. The third-order valence-corrected chi connectivity index (χ3v) is 6.63. The summed E-state index contributed by atoms with van der Waals surface area (Å²) in [6.07, 6.45) is 0. The molecule has 0 aliphatic rings. The van der Waals surface area contributed by atoms with Gasteiger partial charge in [-0.3, -0.25) is 4.79 Å². The quantitative estimate of drug-likeness (QED) is 0.381. The van der Waals surface area contributed by atoms with Crippen molar-refractivity contribution in [1.29, 1.82) is 0 Å². The van der Waals surface area contributed by atoms with E-state index in [1.807, 2.05) is 43.4 Å². The molecule has 1 atom stereocenters. The summed E-state index contributed by atoms with van der Waals surface area (Å²) in [4.78, 5) is 20.5. The van der Waals surface area contributed by atoms with Crippen LogP contribution in [0.2, 0.25) is 5.15 Å². The second kappa shape index (κ2) is 6.68. The summed E-state index contributed by atoms with van der Waals surface area (Å²) >= 11 is 7.87. The van der Waals surface area contributed by atoms with Crippen molar-refractivity contribution in [3.8, 4) is 0 Å². The van der Waals surface area contributed by atoms with Crippen LogP contribution in [0.25, 0.3) is 0 Å². The van der Waals surface area contributed by atoms with E-state index in [0.717, 1.165) is 0 Å². The summed E-state index contributed by atoms with van der Waals surface area (Å²) in [6, 6.07) is 1.56. The Morgan fingerprint density at radius 1 is 1.27 bits per heavy atom. The monoisotopic (exact) mass is 457 g/mol. The van der Waals surface area contributed by atoms with Crippen molar-refractivity contribution in [1.82, 2.24) is 9.97 Å². The van der Waals surface area contributed by atoms with Gasteiger partial charge in [0, 0.05) is 32.8 Å². The van der Waals surface area contributed by atoms with E-state index in [1.54, 1.807) is 26.8 Å². The predicted octanol–water partition coefficient (Wildman–Crippen LogP) is 4.07. The molecule has 0 saturated carbocycles. The summed E-state index contributed by atoms with van der Waals surface area (Å²) in [5.41, 5.74) is -0.152. The average Bonchev–Trinajstić information content (AvgIpc) is 2.23. The van der Waals surface area contributed by atoms with Gasteiger partial charge in [-0.1, -0.05) is 32.4 Å². The molecule has 0 fully saturated rings. The summed E-state index contributed by atoms with van der Waals surface area (Å²) in [7, 11) is -2.85. The van der Waals surface area contributed by atoms with Gasteiger partial charge in [-0.25, -0.2) is 14.2 Å². The largest absolute Gasteiger partial charge is 0.271 e. The number of nitrogens with zero attached hydrogens (tertiary/aromatic N) is 3. The lowest BCUT2D eigenvalue weighted by molar-refractivity contribution is -0.124. The topological polar surface area (TPSA) is 72.3 Å². The van der Waals surface area contributed by atoms with E-state index in [2.05, 4.69) is 14.3 Å². The Labute approximate surface area is 151 Å². The molecule has 0 aromatic carbocycles. The van der Waals surface area contributed by atoms with E-state index in [9.17, 15) is 9.00 Å². The van der Waals surface area contributed by atoms with E-state index in [4.69, 9.17) is 11.6 Å². The lowest BCUT2D eigenvalue weighted by atomic mass is 9.96. The van der Waals surface area contributed by atoms with Gasteiger partial charge >= 0.3 is 0 Å². The molecule has 0 bridgehead atoms. The SMILES string of the molecule is CC(C)(C)C(=O)N=S(=O)(Cc1cc(Cl)nc(I)n1)C(C)(C)C. The summed E-state index contributed by atoms with van der Waals surface area (Å²) < 4.78 is 17.3. The van der Waals surface area contributed by atoms with Crippen LogP contribution in [0.3, 0.4) is 0 Å². The highest BCUT2D eigenvalue weighted by molar-refractivity contribution is 14.1. The van der Waals surface area contributed by atoms with Gasteiger partial charge in [-0.05, 0) is 26.8 Å². The minimum absolute atomic E-state index is 0.0660. The van der Waals surface area contributed by atoms with Crippen molar-refractivity contribution in [2.45, 2.75) is 52.0 Å². The van der Waals surface area contributed by atoms with E-state index >= 15 is 0 Å². The molecule has 1 rings (SSSR count). The van der Waals surface area contributed by atoms with Crippen LogP contribution in [0.15, 0.2) is 10.4 Å². The number of hydrogen-bond donors (Lipinski definition) is 0. The number of carbonyl (C=O) groups excluding carboxylic acids is 1. The Hall–Kier alpha value is -0.280. The number of halogens is 2. The van der Waals surface area contributed by atoms with Crippen molar-refractivity contribution in [3.05, 3.63) is 20.7 Å². The van der Waals surface area contributed by atoms with Crippen LogP contribution in [-0.4, -0.2) is 24.8 Å². The van der Waals surface area contributed by atoms with Gasteiger partial charge in [0.2, 0.25) is 0 Å². The van der Waals surface area contributed by atoms with Crippen molar-refractivity contribution in [2.75, 3.05) is 0 Å². The maximum Gasteiger partial charge on any atom is 0.259 e. The first-order valence-electron chi connectivity index (χ1n) is 6.72. The highest BCUT2D eigenvalue weighted by Gasteiger charge is 2.32. The predicted molar refractivity (Wildman–Crippen MR) is 98.2 cm³/mol. The molecule has 124 valence electrons. The molecule has 1 heterocycles. The number of amides is 1. The van der Waals surface area contributed by atoms with Crippen molar-refractivity contribution < 1.29 is 9.00 Å². The molecule has 1 aromatic heterocycles. The number of rotatable bonds is 2. The normalized spacial score (nSPS) is 15.3. The van der Waals surface area contributed by atoms with Gasteiger partial charge in [-0.15, -0.1) is 0 Å². The second-order valence-corrected chi connectivity index (χ2v) is 11.3. The molecule has 0 N–H and O–H groups in total. The molecule has 1 aromatic rings. The standard InChI is InChI=1S/C14H21ClIN3O2S/c1-13(2,3)11(20)19-22(21,14(4,5)6)8-9-7-10(15)18-12(16)17-9/h7H,8H2,1-6H3. The highest BCUT2D eigenvalue weighted by atomic mass is 127. The van der Waals surface area contributed by atoms with Crippen LogP contribution in [0.1, 0.15) is 47.2 Å². The molecule has 22 heavy (non-hydrogen) atoms. The Balaban J connectivity index is 3.40. The minimum Gasteiger partial charge on any atom is -0.271 e. The van der Waals surface area contributed by atoms with E-state index in [0.29, 0.717) is 9.53 Å². The van der Waals surface area contributed by atoms with Gasteiger partial charge in [-0.2, -0.15) is 4.36 Å². The lowest BCUT2D eigenvalue weighted by Gasteiger charge is -2.25. The number of aromatic nitrogens is 2. The number of carbonyl (C=O) groups is 1. The fourth-order valence-corrected chi connectivity index (χ4v) is 4.14. The van der Waals surface area contributed by atoms with Gasteiger partial charge < -0.3 is 0 Å². The van der Waals surface area contributed by atoms with E-state index in [1.165, 1.54) is 0 Å². The van der Waals surface area contributed by atoms with Crippen LogP contribution in [0.5, 0.6) is 0 Å². The Morgan fingerprint density at radius 3 is 2.23 bits per heavy atom. The first-order valence-corrected chi connectivity index (χ1v) is 9.86. The zero-order valence-electron chi connectivity index (χ0n) is 13.6. The third kappa shape index (κ3) is 5.13. The molecule has 1 amide bonds. The van der Waals surface area contributed by atoms with Crippen molar-refractivity contribution in [2.24, 2.45) is 9.78 Å². The van der Waals surface area contributed by atoms with Crippen LogP contribution >= 0.6 is 34.2 Å². The molecule has 1 unspecified atom stereocenters. The zero-order valence-corrected chi connectivity index (χ0v) is 17.3.